The Bertz CT molecular complexity index is 626. The predicted octanol–water partition coefficient (Wildman–Crippen LogP) is 1.52. The van der Waals surface area contributed by atoms with Gasteiger partial charge in [-0.15, -0.1) is 21.5 Å². The summed E-state index contributed by atoms with van der Waals surface area (Å²) in [5.41, 5.74) is 0. The van der Waals surface area contributed by atoms with E-state index in [-0.39, 0.29) is 5.91 Å². The molecule has 0 radical (unpaired) electrons. The first-order valence-electron chi connectivity index (χ1n) is 6.69. The standard InChI is InChI=1S/C13H17N5O2S2/c1-9(11(19)16-12(20)14-2)22-13-17-15-8-18(13)6-5-10-4-3-7-21-10/h3-4,7-9H,5-6H2,1-2H3,(H2,14,16,19,20). The monoisotopic (exact) mass is 339 g/mol. The Balaban J connectivity index is 1.91. The zero-order chi connectivity index (χ0) is 15.9. The molecule has 0 saturated carbocycles. The van der Waals surface area contributed by atoms with E-state index in [0.717, 1.165) is 13.0 Å². The summed E-state index contributed by atoms with van der Waals surface area (Å²) in [5.74, 6) is -0.364. The highest BCUT2D eigenvalue weighted by Gasteiger charge is 2.19. The number of aromatic nitrogens is 3. The lowest BCUT2D eigenvalue weighted by molar-refractivity contribution is -0.119. The lowest BCUT2D eigenvalue weighted by atomic mass is 10.3. The molecule has 0 aliphatic carbocycles. The number of amides is 3. The smallest absolute Gasteiger partial charge is 0.321 e. The average Bonchev–Trinajstić information content (AvgIpc) is 3.16. The zero-order valence-corrected chi connectivity index (χ0v) is 13.9. The Hall–Kier alpha value is -1.87. The molecule has 22 heavy (non-hydrogen) atoms. The highest BCUT2D eigenvalue weighted by molar-refractivity contribution is 8.00. The van der Waals surface area contributed by atoms with Crippen molar-refractivity contribution in [2.75, 3.05) is 7.05 Å². The molecule has 2 aromatic heterocycles. The number of hydrogen-bond donors (Lipinski definition) is 2. The van der Waals surface area contributed by atoms with Crippen molar-refractivity contribution in [1.82, 2.24) is 25.4 Å². The molecule has 0 aliphatic rings. The average molecular weight is 339 g/mol. The number of imide groups is 1. The van der Waals surface area contributed by atoms with E-state index in [4.69, 9.17) is 0 Å². The van der Waals surface area contributed by atoms with Gasteiger partial charge in [0.15, 0.2) is 5.16 Å². The summed E-state index contributed by atoms with van der Waals surface area (Å²) in [6, 6.07) is 3.59. The molecule has 0 fully saturated rings. The van der Waals surface area contributed by atoms with Crippen molar-refractivity contribution in [2.45, 2.75) is 30.3 Å². The molecule has 0 bridgehead atoms. The van der Waals surface area contributed by atoms with Gasteiger partial charge in [-0.1, -0.05) is 17.8 Å². The van der Waals surface area contributed by atoms with E-state index in [2.05, 4.69) is 26.9 Å². The molecule has 0 aliphatic heterocycles. The maximum Gasteiger partial charge on any atom is 0.321 e. The van der Waals surface area contributed by atoms with Crippen LogP contribution in [0.3, 0.4) is 0 Å². The Morgan fingerprint density at radius 2 is 2.32 bits per heavy atom. The third-order valence-corrected chi connectivity index (χ3v) is 4.91. The van der Waals surface area contributed by atoms with Crippen LogP contribution in [0.25, 0.3) is 0 Å². The summed E-state index contributed by atoms with van der Waals surface area (Å²) in [5, 5.41) is 14.8. The fourth-order valence-corrected chi connectivity index (χ4v) is 3.21. The second-order valence-corrected chi connectivity index (χ2v) is 6.80. The highest BCUT2D eigenvalue weighted by Crippen LogP contribution is 2.21. The van der Waals surface area contributed by atoms with Gasteiger partial charge in [0, 0.05) is 18.5 Å². The number of thioether (sulfide) groups is 1. The van der Waals surface area contributed by atoms with Gasteiger partial charge in [-0.25, -0.2) is 4.79 Å². The minimum Gasteiger partial charge on any atom is -0.341 e. The lowest BCUT2D eigenvalue weighted by Gasteiger charge is -2.11. The normalized spacial score (nSPS) is 11.9. The molecule has 1 atom stereocenters. The predicted molar refractivity (Wildman–Crippen MR) is 86.0 cm³/mol. The molecule has 118 valence electrons. The highest BCUT2D eigenvalue weighted by atomic mass is 32.2. The van der Waals surface area contributed by atoms with E-state index in [0.29, 0.717) is 5.16 Å². The summed E-state index contributed by atoms with van der Waals surface area (Å²) in [4.78, 5) is 24.3. The van der Waals surface area contributed by atoms with Gasteiger partial charge < -0.3 is 9.88 Å². The maximum absolute atomic E-state index is 11.8. The van der Waals surface area contributed by atoms with Crippen molar-refractivity contribution in [3.63, 3.8) is 0 Å². The van der Waals surface area contributed by atoms with Crippen LogP contribution in [-0.2, 0) is 17.8 Å². The van der Waals surface area contributed by atoms with Gasteiger partial charge in [0.25, 0.3) is 0 Å². The summed E-state index contributed by atoms with van der Waals surface area (Å²) in [7, 11) is 1.46. The van der Waals surface area contributed by atoms with Crippen molar-refractivity contribution in [3.8, 4) is 0 Å². The number of aryl methyl sites for hydroxylation is 2. The molecule has 2 aromatic rings. The second-order valence-electron chi connectivity index (χ2n) is 4.46. The quantitative estimate of drug-likeness (QED) is 0.779. The molecule has 0 saturated heterocycles. The third kappa shape index (κ3) is 4.57. The number of rotatable bonds is 6. The first kappa shape index (κ1) is 16.5. The molecule has 2 rings (SSSR count). The number of nitrogens with one attached hydrogen (secondary N) is 2. The maximum atomic E-state index is 11.8. The molecular weight excluding hydrogens is 322 g/mol. The van der Waals surface area contributed by atoms with Crippen molar-refractivity contribution >= 4 is 35.0 Å². The summed E-state index contributed by atoms with van der Waals surface area (Å²) < 4.78 is 1.91. The van der Waals surface area contributed by atoms with Gasteiger partial charge in [-0.3, -0.25) is 10.1 Å². The molecular formula is C13H17N5O2S2. The van der Waals surface area contributed by atoms with Crippen molar-refractivity contribution < 1.29 is 9.59 Å². The van der Waals surface area contributed by atoms with Crippen LogP contribution in [0.5, 0.6) is 0 Å². The van der Waals surface area contributed by atoms with Gasteiger partial charge in [-0.05, 0) is 24.8 Å². The topological polar surface area (TPSA) is 88.9 Å². The van der Waals surface area contributed by atoms with E-state index in [9.17, 15) is 9.59 Å². The molecule has 7 nitrogen and oxygen atoms in total. The fraction of sp³-hybridized carbons (Fsp3) is 0.385. The van der Waals surface area contributed by atoms with Crippen molar-refractivity contribution in [1.29, 1.82) is 0 Å². The van der Waals surface area contributed by atoms with E-state index >= 15 is 0 Å². The molecule has 0 spiro atoms. The number of nitrogens with zero attached hydrogens (tertiary/aromatic N) is 3. The molecule has 9 heteroatoms. The second kappa shape index (κ2) is 7.95. The Morgan fingerprint density at radius 3 is 3.00 bits per heavy atom. The fourth-order valence-electron chi connectivity index (χ4n) is 1.66. The Kier molecular flexibility index (Phi) is 5.96. The number of thiophene rings is 1. The summed E-state index contributed by atoms with van der Waals surface area (Å²) in [6.45, 7) is 2.47. The van der Waals surface area contributed by atoms with Crippen LogP contribution < -0.4 is 10.6 Å². The molecule has 0 aromatic carbocycles. The first-order chi connectivity index (χ1) is 10.6. The summed E-state index contributed by atoms with van der Waals surface area (Å²) in [6.07, 6.45) is 2.54. The van der Waals surface area contributed by atoms with Crippen LogP contribution in [0.1, 0.15) is 11.8 Å². The van der Waals surface area contributed by atoms with Crippen LogP contribution >= 0.6 is 23.1 Å². The van der Waals surface area contributed by atoms with Crippen LogP contribution in [0.15, 0.2) is 29.0 Å². The van der Waals surface area contributed by atoms with Gasteiger partial charge in [-0.2, -0.15) is 0 Å². The van der Waals surface area contributed by atoms with Crippen LogP contribution in [-0.4, -0.2) is 39.0 Å². The van der Waals surface area contributed by atoms with Crippen molar-refractivity contribution in [3.05, 3.63) is 28.7 Å². The van der Waals surface area contributed by atoms with Gasteiger partial charge in [0.1, 0.15) is 6.33 Å². The number of carbonyl (C=O) groups is 2. The Labute approximate surface area is 136 Å². The van der Waals surface area contributed by atoms with Crippen LogP contribution in [0.4, 0.5) is 4.79 Å². The van der Waals surface area contributed by atoms with Gasteiger partial charge >= 0.3 is 6.03 Å². The molecule has 1 unspecified atom stereocenters. The number of urea groups is 1. The van der Waals surface area contributed by atoms with Crippen LogP contribution in [0.2, 0.25) is 0 Å². The molecule has 3 amide bonds. The Morgan fingerprint density at radius 1 is 1.50 bits per heavy atom. The van der Waals surface area contributed by atoms with E-state index in [1.54, 1.807) is 24.6 Å². The largest absolute Gasteiger partial charge is 0.341 e. The zero-order valence-electron chi connectivity index (χ0n) is 12.3. The summed E-state index contributed by atoms with van der Waals surface area (Å²) >= 11 is 2.98. The van der Waals surface area contributed by atoms with E-state index in [1.807, 2.05) is 16.0 Å². The molecule has 2 N–H and O–H groups in total. The third-order valence-electron chi connectivity index (χ3n) is 2.87. The first-order valence-corrected chi connectivity index (χ1v) is 8.45. The SMILES string of the molecule is CNC(=O)NC(=O)C(C)Sc1nncn1CCc1cccs1. The van der Waals surface area contributed by atoms with E-state index < -0.39 is 11.3 Å². The van der Waals surface area contributed by atoms with Crippen LogP contribution in [0, 0.1) is 0 Å². The van der Waals surface area contributed by atoms with Crippen molar-refractivity contribution in [2.24, 2.45) is 0 Å². The van der Waals surface area contributed by atoms with Gasteiger partial charge in [0.2, 0.25) is 5.91 Å². The number of hydrogen-bond acceptors (Lipinski definition) is 6. The minimum atomic E-state index is -0.517. The lowest BCUT2D eigenvalue weighted by Crippen LogP contribution is -2.41. The number of carbonyl (C=O) groups excluding carboxylic acids is 2. The molecule has 2 heterocycles. The van der Waals surface area contributed by atoms with E-state index in [1.165, 1.54) is 23.7 Å². The van der Waals surface area contributed by atoms with Gasteiger partial charge in [0.05, 0.1) is 5.25 Å². The minimum absolute atomic E-state index is 0.364.